The Morgan fingerprint density at radius 3 is 2.42 bits per heavy atom. The van der Waals surface area contributed by atoms with Crippen LogP contribution in [0.5, 0.6) is 0 Å². The summed E-state index contributed by atoms with van der Waals surface area (Å²) in [5, 5.41) is 0. The molecular formula is C16H17IN2. The second kappa shape index (κ2) is 6.70. The van der Waals surface area contributed by atoms with Crippen LogP contribution >= 0.6 is 22.6 Å². The van der Waals surface area contributed by atoms with E-state index in [0.717, 1.165) is 5.69 Å². The van der Waals surface area contributed by atoms with Crippen molar-refractivity contribution in [1.82, 2.24) is 4.98 Å². The molecule has 1 aromatic carbocycles. The lowest BCUT2D eigenvalue weighted by Crippen LogP contribution is -2.07. The molecule has 0 aliphatic heterocycles. The number of halogens is 1. The molecular weight excluding hydrogens is 347 g/mol. The van der Waals surface area contributed by atoms with Crippen molar-refractivity contribution in [2.24, 2.45) is 0 Å². The van der Waals surface area contributed by atoms with Crippen molar-refractivity contribution >= 4 is 34.4 Å². The Hall–Kier alpha value is -1.36. The Kier molecular flexibility index (Phi) is 4.96. The van der Waals surface area contributed by atoms with Crippen molar-refractivity contribution < 1.29 is 0 Å². The second-order valence-electron chi connectivity index (χ2n) is 4.50. The first-order chi connectivity index (χ1) is 9.16. The van der Waals surface area contributed by atoms with E-state index < -0.39 is 0 Å². The maximum atomic E-state index is 4.36. The van der Waals surface area contributed by atoms with Gasteiger partial charge in [-0.1, -0.05) is 52.9 Å². The maximum absolute atomic E-state index is 4.36. The smallest absolute Gasteiger partial charge is 0.0715 e. The monoisotopic (exact) mass is 364 g/mol. The summed E-state index contributed by atoms with van der Waals surface area (Å²) in [6.45, 7) is 0. The van der Waals surface area contributed by atoms with Crippen LogP contribution in [-0.4, -0.2) is 19.1 Å². The van der Waals surface area contributed by atoms with E-state index in [-0.39, 0.29) is 0 Å². The van der Waals surface area contributed by atoms with E-state index in [4.69, 9.17) is 0 Å². The highest BCUT2D eigenvalue weighted by molar-refractivity contribution is 14.1. The summed E-state index contributed by atoms with van der Waals surface area (Å²) in [5.74, 6) is 0. The number of anilines is 1. The van der Waals surface area contributed by atoms with Gasteiger partial charge in [0.2, 0.25) is 0 Å². The molecule has 3 heteroatoms. The number of alkyl halides is 1. The molecule has 2 aromatic rings. The average Bonchev–Trinajstić information content (AvgIpc) is 2.46. The molecule has 0 amide bonds. The molecule has 98 valence electrons. The average molecular weight is 364 g/mol. The molecule has 1 aromatic heterocycles. The van der Waals surface area contributed by atoms with Crippen molar-refractivity contribution in [3.8, 4) is 0 Å². The summed E-state index contributed by atoms with van der Waals surface area (Å²) < 4.78 is 0.298. The van der Waals surface area contributed by atoms with Gasteiger partial charge in [0, 0.05) is 26.0 Å². The van der Waals surface area contributed by atoms with Crippen molar-refractivity contribution in [2.75, 3.05) is 19.0 Å². The van der Waals surface area contributed by atoms with Gasteiger partial charge in [0.25, 0.3) is 0 Å². The van der Waals surface area contributed by atoms with Crippen LogP contribution in [0.4, 0.5) is 5.69 Å². The summed E-state index contributed by atoms with van der Waals surface area (Å²) in [5.41, 5.74) is 3.51. The first-order valence-corrected chi connectivity index (χ1v) is 7.42. The number of hydrogen-bond donors (Lipinski definition) is 0. The van der Waals surface area contributed by atoms with Crippen LogP contribution in [0.15, 0.2) is 54.7 Å². The third-order valence-electron chi connectivity index (χ3n) is 2.84. The fourth-order valence-electron chi connectivity index (χ4n) is 1.72. The summed E-state index contributed by atoms with van der Waals surface area (Å²) in [4.78, 5) is 6.46. The lowest BCUT2D eigenvalue weighted by Gasteiger charge is -2.11. The third kappa shape index (κ3) is 4.06. The summed E-state index contributed by atoms with van der Waals surface area (Å²) >= 11 is 2.39. The van der Waals surface area contributed by atoms with Crippen molar-refractivity contribution in [3.63, 3.8) is 0 Å². The number of benzene rings is 1. The molecule has 1 unspecified atom stereocenters. The summed E-state index contributed by atoms with van der Waals surface area (Å²) in [7, 11) is 4.10. The SMILES string of the molecule is CN(C)c1ccc(/C=C/C(I)c2ccccn2)cc1. The lowest BCUT2D eigenvalue weighted by atomic mass is 10.1. The van der Waals surface area contributed by atoms with E-state index in [9.17, 15) is 0 Å². The van der Waals surface area contributed by atoms with Gasteiger partial charge in [0.05, 0.1) is 9.62 Å². The zero-order valence-electron chi connectivity index (χ0n) is 11.1. The number of hydrogen-bond acceptors (Lipinski definition) is 2. The first kappa shape index (κ1) is 14.1. The fourth-order valence-corrected chi connectivity index (χ4v) is 2.29. The van der Waals surface area contributed by atoms with Gasteiger partial charge in [-0.15, -0.1) is 0 Å². The highest BCUT2D eigenvalue weighted by Crippen LogP contribution is 2.24. The topological polar surface area (TPSA) is 16.1 Å². The zero-order valence-corrected chi connectivity index (χ0v) is 13.3. The van der Waals surface area contributed by atoms with Crippen LogP contribution in [0, 0.1) is 0 Å². The number of aromatic nitrogens is 1. The number of nitrogens with zero attached hydrogens (tertiary/aromatic N) is 2. The molecule has 0 bridgehead atoms. The molecule has 0 spiro atoms. The van der Waals surface area contributed by atoms with E-state index in [2.05, 4.69) is 75.0 Å². The number of rotatable bonds is 4. The minimum Gasteiger partial charge on any atom is -0.378 e. The van der Waals surface area contributed by atoms with Gasteiger partial charge in [-0.2, -0.15) is 0 Å². The van der Waals surface area contributed by atoms with Gasteiger partial charge in [-0.05, 0) is 29.8 Å². The highest BCUT2D eigenvalue weighted by Gasteiger charge is 2.03. The Morgan fingerprint density at radius 1 is 1.11 bits per heavy atom. The van der Waals surface area contributed by atoms with Gasteiger partial charge in [0.15, 0.2) is 0 Å². The highest BCUT2D eigenvalue weighted by atomic mass is 127. The molecule has 2 nitrogen and oxygen atoms in total. The Labute approximate surface area is 128 Å². The van der Waals surface area contributed by atoms with Crippen LogP contribution in [0.3, 0.4) is 0 Å². The normalized spacial score (nSPS) is 12.6. The van der Waals surface area contributed by atoms with E-state index in [1.165, 1.54) is 11.3 Å². The van der Waals surface area contributed by atoms with Crippen LogP contribution in [0.1, 0.15) is 15.2 Å². The largest absolute Gasteiger partial charge is 0.378 e. The summed E-state index contributed by atoms with van der Waals surface area (Å²) in [6, 6.07) is 14.5. The molecule has 1 heterocycles. The van der Waals surface area contributed by atoms with Crippen molar-refractivity contribution in [3.05, 3.63) is 66.0 Å². The van der Waals surface area contributed by atoms with Gasteiger partial charge >= 0.3 is 0 Å². The molecule has 2 rings (SSSR count). The second-order valence-corrected chi connectivity index (χ2v) is 5.84. The predicted molar refractivity (Wildman–Crippen MR) is 90.8 cm³/mol. The molecule has 0 aliphatic carbocycles. The third-order valence-corrected chi connectivity index (χ3v) is 3.89. The summed E-state index contributed by atoms with van der Waals surface area (Å²) in [6.07, 6.45) is 6.15. The van der Waals surface area contributed by atoms with E-state index >= 15 is 0 Å². The van der Waals surface area contributed by atoms with Gasteiger partial charge in [-0.25, -0.2) is 0 Å². The number of pyridine rings is 1. The molecule has 19 heavy (non-hydrogen) atoms. The Morgan fingerprint density at radius 2 is 1.84 bits per heavy atom. The van der Waals surface area contributed by atoms with E-state index in [1.54, 1.807) is 0 Å². The minimum atomic E-state index is 0.298. The Bertz CT molecular complexity index is 532. The van der Waals surface area contributed by atoms with Crippen molar-refractivity contribution in [1.29, 1.82) is 0 Å². The zero-order chi connectivity index (χ0) is 13.7. The van der Waals surface area contributed by atoms with Crippen LogP contribution in [0.25, 0.3) is 6.08 Å². The van der Waals surface area contributed by atoms with Gasteiger partial charge in [0.1, 0.15) is 0 Å². The molecule has 0 radical (unpaired) electrons. The minimum absolute atomic E-state index is 0.298. The van der Waals surface area contributed by atoms with Gasteiger partial charge < -0.3 is 4.90 Å². The Balaban J connectivity index is 2.06. The maximum Gasteiger partial charge on any atom is 0.0715 e. The van der Waals surface area contributed by atoms with E-state index in [1.807, 2.05) is 32.4 Å². The van der Waals surface area contributed by atoms with Crippen LogP contribution < -0.4 is 4.90 Å². The van der Waals surface area contributed by atoms with Crippen LogP contribution in [-0.2, 0) is 0 Å². The van der Waals surface area contributed by atoms with Crippen LogP contribution in [0.2, 0.25) is 0 Å². The lowest BCUT2D eigenvalue weighted by molar-refractivity contribution is 1.12. The molecule has 0 fully saturated rings. The molecule has 1 atom stereocenters. The quantitative estimate of drug-likeness (QED) is 0.593. The standard InChI is InChI=1S/C16H17IN2/c1-19(2)14-9-6-13(7-10-14)8-11-15(17)16-5-3-4-12-18-16/h3-12,15H,1-2H3/b11-8+. The molecule has 0 saturated heterocycles. The van der Waals surface area contributed by atoms with Crippen molar-refractivity contribution in [2.45, 2.75) is 3.92 Å². The van der Waals surface area contributed by atoms with E-state index in [0.29, 0.717) is 3.92 Å². The first-order valence-electron chi connectivity index (χ1n) is 6.17. The molecule has 0 N–H and O–H groups in total. The number of allylic oxidation sites excluding steroid dienone is 1. The molecule has 0 aliphatic rings. The predicted octanol–water partition coefficient (Wildman–Crippen LogP) is 4.34. The van der Waals surface area contributed by atoms with Gasteiger partial charge in [-0.3, -0.25) is 4.98 Å². The fraction of sp³-hybridized carbons (Fsp3) is 0.188. The molecule has 0 saturated carbocycles.